The predicted molar refractivity (Wildman–Crippen MR) is 168 cm³/mol. The number of benzene rings is 2. The molecule has 2 aromatic carbocycles. The van der Waals surface area contributed by atoms with E-state index in [2.05, 4.69) is 32.7 Å². The number of hydrogen-bond donors (Lipinski definition) is 1. The number of nitrogens with zero attached hydrogens (tertiary/aromatic N) is 5. The van der Waals surface area contributed by atoms with Crippen LogP contribution in [0.25, 0.3) is 32.9 Å². The van der Waals surface area contributed by atoms with Gasteiger partial charge in [-0.2, -0.15) is 9.97 Å². The number of aromatic hydroxyl groups is 1. The lowest BCUT2D eigenvalue weighted by molar-refractivity contribution is 0.0133. The van der Waals surface area contributed by atoms with E-state index in [1.807, 2.05) is 0 Å². The van der Waals surface area contributed by atoms with Crippen molar-refractivity contribution >= 4 is 27.5 Å². The van der Waals surface area contributed by atoms with E-state index in [1.165, 1.54) is 24.3 Å². The maximum absolute atomic E-state index is 16.8. The van der Waals surface area contributed by atoms with Crippen molar-refractivity contribution in [1.82, 2.24) is 19.9 Å². The number of terminal acetylenes is 1. The van der Waals surface area contributed by atoms with Crippen molar-refractivity contribution in [3.8, 4) is 35.4 Å². The van der Waals surface area contributed by atoms with E-state index >= 15 is 4.39 Å². The van der Waals surface area contributed by atoms with Gasteiger partial charge in [-0.3, -0.25) is 4.98 Å². The van der Waals surface area contributed by atoms with Crippen molar-refractivity contribution in [1.29, 1.82) is 0 Å². The fraction of sp³-hybridized carbons (Fsp3) is 0.457. The van der Waals surface area contributed by atoms with Crippen LogP contribution in [-0.2, 0) is 0 Å². The van der Waals surface area contributed by atoms with Crippen LogP contribution in [-0.4, -0.2) is 64.3 Å². The number of phenolic OH excluding ortho intramolecular Hbond substituents is 1. The molecule has 1 saturated carbocycles. The molecule has 2 atom stereocenters. The Hall–Kier alpha value is -4.03. The number of likely N-dealkylation sites (tertiary alicyclic amines) is 1. The SMILES string of the molecule is C#Cc1c(F)ccc2cc(O)cc(-c3ncc4c(N5CCCCCC5)nc(OC[C@]56CCCC5N(C)CCC6)nc4c3F)c12. The molecule has 0 amide bonds. The molecule has 2 aliphatic heterocycles. The molecule has 228 valence electrons. The van der Waals surface area contributed by atoms with Crippen molar-refractivity contribution in [2.24, 2.45) is 5.41 Å². The first kappa shape index (κ1) is 28.7. The minimum Gasteiger partial charge on any atom is -0.508 e. The normalized spacial score (nSPS) is 22.6. The number of ether oxygens (including phenoxy) is 1. The Bertz CT molecular complexity index is 1780. The minimum atomic E-state index is -0.695. The number of phenols is 1. The summed E-state index contributed by atoms with van der Waals surface area (Å²) in [5, 5.41) is 11.8. The second-order valence-corrected chi connectivity index (χ2v) is 12.7. The number of halogens is 2. The molecule has 4 heterocycles. The van der Waals surface area contributed by atoms with Crippen LogP contribution in [0, 0.1) is 29.4 Å². The summed E-state index contributed by atoms with van der Waals surface area (Å²) in [5.74, 6) is 1.60. The molecule has 0 bridgehead atoms. The van der Waals surface area contributed by atoms with Crippen molar-refractivity contribution in [2.45, 2.75) is 63.8 Å². The first-order chi connectivity index (χ1) is 21.4. The van der Waals surface area contributed by atoms with E-state index in [0.29, 0.717) is 34.6 Å². The lowest BCUT2D eigenvalue weighted by atomic mass is 9.76. The van der Waals surface area contributed by atoms with E-state index in [-0.39, 0.29) is 39.5 Å². The number of piperidine rings is 1. The van der Waals surface area contributed by atoms with Gasteiger partial charge in [-0.05, 0) is 75.7 Å². The molecule has 44 heavy (non-hydrogen) atoms. The average Bonchev–Trinajstić information content (AvgIpc) is 3.28. The molecular weight excluding hydrogens is 560 g/mol. The Morgan fingerprint density at radius 2 is 1.84 bits per heavy atom. The summed E-state index contributed by atoms with van der Waals surface area (Å²) in [4.78, 5) is 18.7. The molecule has 1 N–H and O–H groups in total. The van der Waals surface area contributed by atoms with E-state index < -0.39 is 11.6 Å². The van der Waals surface area contributed by atoms with Crippen molar-refractivity contribution in [3.63, 3.8) is 0 Å². The summed E-state index contributed by atoms with van der Waals surface area (Å²) in [6.07, 6.45) is 17.2. The van der Waals surface area contributed by atoms with Gasteiger partial charge in [0.25, 0.3) is 0 Å². The van der Waals surface area contributed by atoms with Gasteiger partial charge in [-0.15, -0.1) is 6.42 Å². The van der Waals surface area contributed by atoms with Crippen LogP contribution in [0.4, 0.5) is 14.6 Å². The third kappa shape index (κ3) is 4.89. The molecule has 2 saturated heterocycles. The third-order valence-corrected chi connectivity index (χ3v) is 10.1. The molecule has 4 aromatic rings. The average molecular weight is 598 g/mol. The van der Waals surface area contributed by atoms with Gasteiger partial charge in [0.1, 0.15) is 28.6 Å². The summed E-state index contributed by atoms with van der Waals surface area (Å²) in [5.41, 5.74) is 0.221. The summed E-state index contributed by atoms with van der Waals surface area (Å²) in [6.45, 7) is 3.17. The molecule has 3 fully saturated rings. The summed E-state index contributed by atoms with van der Waals surface area (Å²) >= 11 is 0. The van der Waals surface area contributed by atoms with Crippen LogP contribution >= 0.6 is 0 Å². The van der Waals surface area contributed by atoms with Gasteiger partial charge in [0.05, 0.1) is 17.6 Å². The maximum Gasteiger partial charge on any atom is 0.319 e. The quantitative estimate of drug-likeness (QED) is 0.253. The van der Waals surface area contributed by atoms with Gasteiger partial charge in [0, 0.05) is 41.7 Å². The third-order valence-electron chi connectivity index (χ3n) is 10.1. The zero-order valence-corrected chi connectivity index (χ0v) is 25.1. The molecule has 1 unspecified atom stereocenters. The summed E-state index contributed by atoms with van der Waals surface area (Å²) in [6, 6.07) is 6.21. The number of anilines is 1. The molecule has 7 nitrogen and oxygen atoms in total. The highest BCUT2D eigenvalue weighted by molar-refractivity contribution is 6.03. The highest BCUT2D eigenvalue weighted by Crippen LogP contribution is 2.47. The molecule has 0 radical (unpaired) electrons. The second-order valence-electron chi connectivity index (χ2n) is 12.7. The van der Waals surface area contributed by atoms with Crippen molar-refractivity contribution < 1.29 is 18.6 Å². The second kappa shape index (κ2) is 11.5. The number of hydrogen-bond acceptors (Lipinski definition) is 7. The largest absolute Gasteiger partial charge is 0.508 e. The number of fused-ring (bicyclic) bond motifs is 3. The predicted octanol–water partition coefficient (Wildman–Crippen LogP) is 6.83. The highest BCUT2D eigenvalue weighted by Gasteiger charge is 2.47. The molecule has 2 aromatic heterocycles. The molecule has 0 spiro atoms. The van der Waals surface area contributed by atoms with Crippen LogP contribution in [0.2, 0.25) is 0 Å². The smallest absolute Gasteiger partial charge is 0.319 e. The van der Waals surface area contributed by atoms with Gasteiger partial charge >= 0.3 is 6.01 Å². The Morgan fingerprint density at radius 3 is 2.64 bits per heavy atom. The Labute approximate surface area is 256 Å². The maximum atomic E-state index is 16.8. The topological polar surface area (TPSA) is 74.6 Å². The monoisotopic (exact) mass is 597 g/mol. The fourth-order valence-corrected chi connectivity index (χ4v) is 7.94. The Kier molecular flexibility index (Phi) is 7.49. The first-order valence-corrected chi connectivity index (χ1v) is 15.7. The van der Waals surface area contributed by atoms with Crippen LogP contribution < -0.4 is 9.64 Å². The van der Waals surface area contributed by atoms with Gasteiger partial charge in [-0.25, -0.2) is 8.78 Å². The zero-order chi connectivity index (χ0) is 30.4. The van der Waals surface area contributed by atoms with Gasteiger partial charge in [0.15, 0.2) is 5.82 Å². The molecule has 9 heteroatoms. The molecule has 7 rings (SSSR count). The fourth-order valence-electron chi connectivity index (χ4n) is 7.94. The molecular formula is C35H37F2N5O2. The van der Waals surface area contributed by atoms with Crippen LogP contribution in [0.15, 0.2) is 30.5 Å². The van der Waals surface area contributed by atoms with Crippen LogP contribution in [0.5, 0.6) is 11.8 Å². The highest BCUT2D eigenvalue weighted by atomic mass is 19.1. The summed E-state index contributed by atoms with van der Waals surface area (Å²) < 4.78 is 38.0. The van der Waals surface area contributed by atoms with Crippen LogP contribution in [0.1, 0.15) is 63.4 Å². The number of aromatic nitrogens is 3. The minimum absolute atomic E-state index is 0.0152. The van der Waals surface area contributed by atoms with Gasteiger partial charge in [0.2, 0.25) is 0 Å². The first-order valence-electron chi connectivity index (χ1n) is 15.7. The van der Waals surface area contributed by atoms with E-state index in [4.69, 9.17) is 16.1 Å². The number of pyridine rings is 1. The van der Waals surface area contributed by atoms with Gasteiger partial charge < -0.3 is 19.6 Å². The van der Waals surface area contributed by atoms with Crippen molar-refractivity contribution in [3.05, 3.63) is 47.7 Å². The lowest BCUT2D eigenvalue weighted by Crippen LogP contribution is -2.50. The number of rotatable bonds is 5. The summed E-state index contributed by atoms with van der Waals surface area (Å²) in [7, 11) is 2.19. The van der Waals surface area contributed by atoms with Gasteiger partial charge in [-0.1, -0.05) is 31.2 Å². The van der Waals surface area contributed by atoms with Crippen LogP contribution in [0.3, 0.4) is 0 Å². The molecule has 1 aliphatic carbocycles. The zero-order valence-electron chi connectivity index (χ0n) is 25.1. The Morgan fingerprint density at radius 1 is 1.05 bits per heavy atom. The standard InChI is InChI=1S/C35H37F2N5O2/c1-3-24-27(36)12-11-22-18-23(43)19-25(29(22)24)31-30(37)32-26(20-38-31)33(42-16-6-4-5-7-17-42)40-34(39-32)44-21-35-13-8-10-28(35)41(2)15-9-14-35/h1,11-12,18-20,28,43H,4-10,13-17,21H2,2H3/t28?,35-/m1/s1. The lowest BCUT2D eigenvalue weighted by Gasteiger charge is -2.44. The Balaban J connectivity index is 1.37. The van der Waals surface area contributed by atoms with E-state index in [0.717, 1.165) is 77.4 Å². The van der Waals surface area contributed by atoms with Crippen molar-refractivity contribution in [2.75, 3.05) is 38.2 Å². The molecule has 3 aliphatic rings. The van der Waals surface area contributed by atoms with E-state index in [1.54, 1.807) is 6.20 Å². The van der Waals surface area contributed by atoms with E-state index in [9.17, 15) is 9.50 Å².